The number of rotatable bonds is 9. The van der Waals surface area contributed by atoms with E-state index in [1.165, 1.54) is 4.90 Å². The van der Waals surface area contributed by atoms with Crippen LogP contribution in [0.1, 0.15) is 57.3 Å². The molecule has 1 aromatic rings. The van der Waals surface area contributed by atoms with Crippen molar-refractivity contribution < 1.29 is 23.9 Å². The smallest absolute Gasteiger partial charge is 0.308 e. The summed E-state index contributed by atoms with van der Waals surface area (Å²) < 4.78 is 11.0. The molecule has 2 rings (SSSR count). The molecule has 1 aliphatic heterocycles. The third-order valence-corrected chi connectivity index (χ3v) is 4.92. The number of esters is 1. The van der Waals surface area contributed by atoms with Gasteiger partial charge < -0.3 is 19.7 Å². The number of hydrogen-bond acceptors (Lipinski definition) is 5. The Hall–Kier alpha value is -2.57. The van der Waals surface area contributed by atoms with Gasteiger partial charge in [-0.2, -0.15) is 0 Å². The summed E-state index contributed by atoms with van der Waals surface area (Å²) in [6, 6.07) is 6.01. The predicted molar refractivity (Wildman–Crippen MR) is 110 cm³/mol. The van der Waals surface area contributed by atoms with E-state index < -0.39 is 12.0 Å². The third-order valence-electron chi connectivity index (χ3n) is 4.92. The van der Waals surface area contributed by atoms with Gasteiger partial charge in [0.2, 0.25) is 5.91 Å². The van der Waals surface area contributed by atoms with Crippen molar-refractivity contribution in [2.24, 2.45) is 5.92 Å². The van der Waals surface area contributed by atoms with Crippen LogP contribution in [-0.2, 0) is 14.3 Å². The first-order valence-corrected chi connectivity index (χ1v) is 10.3. The minimum atomic E-state index is -0.862. The molecule has 0 radical (unpaired) electrons. The van der Waals surface area contributed by atoms with E-state index in [-0.39, 0.29) is 24.3 Å². The van der Waals surface area contributed by atoms with Crippen molar-refractivity contribution in [2.75, 3.05) is 19.7 Å². The number of amides is 2. The molecule has 2 unspecified atom stereocenters. The second-order valence-electron chi connectivity index (χ2n) is 7.77. The number of nitrogens with zero attached hydrogens (tertiary/aromatic N) is 1. The SMILES string of the molecule is CCC(C)Oc1ccc(C(=O)N2CCNC(=O)C2CC(=O)OCCC(C)C)cc1. The van der Waals surface area contributed by atoms with E-state index >= 15 is 0 Å². The number of carbonyl (C=O) groups excluding carboxylic acids is 3. The fourth-order valence-electron chi connectivity index (χ4n) is 2.94. The Labute approximate surface area is 172 Å². The fourth-order valence-corrected chi connectivity index (χ4v) is 2.94. The lowest BCUT2D eigenvalue weighted by atomic mass is 10.1. The Morgan fingerprint density at radius 2 is 1.90 bits per heavy atom. The predicted octanol–water partition coefficient (Wildman–Crippen LogP) is 2.78. The Kier molecular flexibility index (Phi) is 8.49. The number of nitrogens with one attached hydrogen (secondary N) is 1. The van der Waals surface area contributed by atoms with Gasteiger partial charge in [0.05, 0.1) is 19.1 Å². The number of ether oxygens (including phenoxy) is 2. The normalized spacial score (nSPS) is 17.6. The molecule has 160 valence electrons. The van der Waals surface area contributed by atoms with Gasteiger partial charge >= 0.3 is 5.97 Å². The minimum Gasteiger partial charge on any atom is -0.491 e. The molecule has 1 saturated heterocycles. The van der Waals surface area contributed by atoms with Crippen LogP contribution in [0.3, 0.4) is 0 Å². The first-order chi connectivity index (χ1) is 13.8. The molecule has 0 bridgehead atoms. The molecule has 0 saturated carbocycles. The molecule has 1 heterocycles. The summed E-state index contributed by atoms with van der Waals surface area (Å²) in [5.41, 5.74) is 0.453. The maximum atomic E-state index is 13.0. The first kappa shape index (κ1) is 22.7. The zero-order valence-corrected chi connectivity index (χ0v) is 17.8. The van der Waals surface area contributed by atoms with Gasteiger partial charge in [-0.3, -0.25) is 14.4 Å². The molecular formula is C22H32N2O5. The summed E-state index contributed by atoms with van der Waals surface area (Å²) in [4.78, 5) is 38.9. The summed E-state index contributed by atoms with van der Waals surface area (Å²) in [6.45, 7) is 9.13. The van der Waals surface area contributed by atoms with E-state index in [9.17, 15) is 14.4 Å². The first-order valence-electron chi connectivity index (χ1n) is 10.3. The molecule has 7 heteroatoms. The monoisotopic (exact) mass is 404 g/mol. The molecule has 1 aliphatic rings. The van der Waals surface area contributed by atoms with E-state index in [0.717, 1.165) is 12.8 Å². The fraction of sp³-hybridized carbons (Fsp3) is 0.591. The molecule has 7 nitrogen and oxygen atoms in total. The van der Waals surface area contributed by atoms with Gasteiger partial charge in [0.15, 0.2) is 0 Å². The second-order valence-corrected chi connectivity index (χ2v) is 7.77. The van der Waals surface area contributed by atoms with Crippen LogP contribution >= 0.6 is 0 Å². The lowest BCUT2D eigenvalue weighted by Crippen LogP contribution is -2.57. The van der Waals surface area contributed by atoms with Crippen LogP contribution in [0.4, 0.5) is 0 Å². The Morgan fingerprint density at radius 3 is 2.52 bits per heavy atom. The highest BCUT2D eigenvalue weighted by atomic mass is 16.5. The van der Waals surface area contributed by atoms with Crippen LogP contribution in [0.5, 0.6) is 5.75 Å². The molecule has 2 atom stereocenters. The lowest BCUT2D eigenvalue weighted by Gasteiger charge is -2.34. The Morgan fingerprint density at radius 1 is 1.21 bits per heavy atom. The van der Waals surface area contributed by atoms with Crippen molar-refractivity contribution in [2.45, 2.75) is 59.1 Å². The van der Waals surface area contributed by atoms with Crippen molar-refractivity contribution in [1.82, 2.24) is 10.2 Å². The summed E-state index contributed by atoms with van der Waals surface area (Å²) >= 11 is 0. The van der Waals surface area contributed by atoms with E-state index in [1.807, 2.05) is 27.7 Å². The van der Waals surface area contributed by atoms with Crippen LogP contribution in [0.2, 0.25) is 0 Å². The van der Waals surface area contributed by atoms with Gasteiger partial charge in [-0.25, -0.2) is 0 Å². The van der Waals surface area contributed by atoms with Gasteiger partial charge in [0.1, 0.15) is 11.8 Å². The van der Waals surface area contributed by atoms with Crippen molar-refractivity contribution in [3.05, 3.63) is 29.8 Å². The maximum Gasteiger partial charge on any atom is 0.308 e. The highest BCUT2D eigenvalue weighted by Gasteiger charge is 2.35. The summed E-state index contributed by atoms with van der Waals surface area (Å²) in [7, 11) is 0. The van der Waals surface area contributed by atoms with Crippen molar-refractivity contribution in [3.8, 4) is 5.75 Å². The molecule has 1 aromatic carbocycles. The summed E-state index contributed by atoms with van der Waals surface area (Å²) in [5.74, 6) is 0.0311. The van der Waals surface area contributed by atoms with Gasteiger partial charge in [0.25, 0.3) is 5.91 Å². The van der Waals surface area contributed by atoms with Crippen LogP contribution in [0.25, 0.3) is 0 Å². The zero-order chi connectivity index (χ0) is 21.4. The topological polar surface area (TPSA) is 84.9 Å². The number of hydrogen-bond donors (Lipinski definition) is 1. The van der Waals surface area contributed by atoms with E-state index in [1.54, 1.807) is 24.3 Å². The average molecular weight is 405 g/mol. The standard InChI is InChI=1S/C22H32N2O5/c1-5-16(4)29-18-8-6-17(7-9-18)22(27)24-12-11-23-21(26)19(24)14-20(25)28-13-10-15(2)3/h6-9,15-16,19H,5,10-14H2,1-4H3,(H,23,26). The average Bonchev–Trinajstić information content (AvgIpc) is 2.69. The second kappa shape index (κ2) is 10.8. The van der Waals surface area contributed by atoms with Gasteiger partial charge in [-0.1, -0.05) is 20.8 Å². The quantitative estimate of drug-likeness (QED) is 0.640. The minimum absolute atomic E-state index is 0.0911. The van der Waals surface area contributed by atoms with Crippen LogP contribution in [-0.4, -0.2) is 54.5 Å². The third kappa shape index (κ3) is 6.76. The molecule has 1 fully saturated rings. The van der Waals surface area contributed by atoms with Crippen molar-refractivity contribution in [3.63, 3.8) is 0 Å². The molecule has 2 amide bonds. The van der Waals surface area contributed by atoms with Crippen molar-refractivity contribution >= 4 is 17.8 Å². The maximum absolute atomic E-state index is 13.0. The van der Waals surface area contributed by atoms with E-state index in [0.29, 0.717) is 36.9 Å². The molecule has 29 heavy (non-hydrogen) atoms. The van der Waals surface area contributed by atoms with Crippen LogP contribution in [0, 0.1) is 5.92 Å². The zero-order valence-electron chi connectivity index (χ0n) is 17.8. The molecule has 0 spiro atoms. The number of carbonyl (C=O) groups is 3. The van der Waals surface area contributed by atoms with Crippen LogP contribution < -0.4 is 10.1 Å². The molecule has 0 aromatic heterocycles. The van der Waals surface area contributed by atoms with E-state index in [4.69, 9.17) is 9.47 Å². The highest BCUT2D eigenvalue weighted by molar-refractivity contribution is 5.99. The molecular weight excluding hydrogens is 372 g/mol. The lowest BCUT2D eigenvalue weighted by molar-refractivity contribution is -0.148. The molecule has 1 N–H and O–H groups in total. The van der Waals surface area contributed by atoms with E-state index in [2.05, 4.69) is 5.32 Å². The van der Waals surface area contributed by atoms with Gasteiger partial charge in [-0.05, 0) is 49.9 Å². The Bertz CT molecular complexity index is 702. The van der Waals surface area contributed by atoms with Crippen molar-refractivity contribution in [1.29, 1.82) is 0 Å². The van der Waals surface area contributed by atoms with Crippen LogP contribution in [0.15, 0.2) is 24.3 Å². The Balaban J connectivity index is 2.04. The summed E-state index contributed by atoms with van der Waals surface area (Å²) in [5, 5.41) is 2.72. The number of benzene rings is 1. The van der Waals surface area contributed by atoms with Gasteiger partial charge in [-0.15, -0.1) is 0 Å². The van der Waals surface area contributed by atoms with Gasteiger partial charge in [0, 0.05) is 18.7 Å². The number of piperazine rings is 1. The largest absolute Gasteiger partial charge is 0.491 e. The highest BCUT2D eigenvalue weighted by Crippen LogP contribution is 2.19. The summed E-state index contributed by atoms with van der Waals surface area (Å²) in [6.07, 6.45) is 1.59. The molecule has 0 aliphatic carbocycles.